The number of carbonyl (C=O) groups is 2. The molecule has 0 aliphatic carbocycles. The number of hydrogen-bond acceptors (Lipinski definition) is 18. The van der Waals surface area contributed by atoms with Gasteiger partial charge in [0.15, 0.2) is 15.4 Å². The Kier molecular flexibility index (Phi) is 27.1. The largest absolute Gasteiger partial charge is 0.507 e. The number of carbonyl (C=O) groups excluding carboxylic acids is 2. The molecule has 0 radical (unpaired) electrons. The van der Waals surface area contributed by atoms with Gasteiger partial charge in [0.25, 0.3) is 11.1 Å². The summed E-state index contributed by atoms with van der Waals surface area (Å²) >= 11 is 13.5. The van der Waals surface area contributed by atoms with E-state index in [1.54, 1.807) is 119 Å². The highest BCUT2D eigenvalue weighted by atomic mass is 79.9. The number of thiophene rings is 1. The first-order valence-electron chi connectivity index (χ1n) is 29.1. The molecule has 14 aromatic rings. The highest BCUT2D eigenvalue weighted by Crippen LogP contribution is 2.36. The smallest absolute Gasteiger partial charge is 0.422 e. The second kappa shape index (κ2) is 35.5. The number of nitrogens with one attached hydrogen (secondary N) is 1. The van der Waals surface area contributed by atoms with E-state index in [1.165, 1.54) is 81.3 Å². The Morgan fingerprint density at radius 1 is 0.451 bits per heavy atom. The molecule has 102 heavy (non-hydrogen) atoms. The maximum atomic E-state index is 14.0. The molecule has 0 saturated heterocycles. The zero-order valence-corrected chi connectivity index (χ0v) is 60.5. The number of nitrogens with two attached hydrogens (primary N) is 3. The molecule has 0 spiro atoms. The van der Waals surface area contributed by atoms with E-state index < -0.39 is 52.7 Å². The molecule has 0 aliphatic rings. The normalized spacial score (nSPS) is 10.5. The molecule has 19 nitrogen and oxygen atoms in total. The van der Waals surface area contributed by atoms with Crippen molar-refractivity contribution in [2.45, 2.75) is 0 Å². The number of nitrogens with zero attached hydrogens (tertiary/aromatic N) is 11. The lowest BCUT2D eigenvalue weighted by Gasteiger charge is -2.04. The zero-order valence-electron chi connectivity index (χ0n) is 53.2. The predicted octanol–water partition coefficient (Wildman–Crippen LogP) is 15.7. The SMILES string of the molecule is Br.Cn1nc(-c2ccccc2F)cc1-c1ccc(N)s1.Cn1nc(-c2ccccc2F)cc1-c1cnc(N)s1.Cn1nc(-c2ccccc2F)cc1-c1cnc(NC(=O)c2c(F)cccc2F)s1.Cn1nc(-c2ccccc2F)cc1B(O)O.Nc1ncc(Br)s1.O=C(Cl)c1c(F)cccc1F. The zero-order chi connectivity index (χ0) is 72.8. The van der Waals surface area contributed by atoms with Crippen LogP contribution in [0.3, 0.4) is 0 Å². The van der Waals surface area contributed by atoms with E-state index in [1.807, 2.05) is 38.4 Å². The van der Waals surface area contributed by atoms with Gasteiger partial charge in [0.1, 0.15) is 57.7 Å². The molecule has 0 fully saturated rings. The average Bonchev–Trinajstić information content (AvgIpc) is 1.66. The fourth-order valence-corrected chi connectivity index (χ4v) is 12.8. The van der Waals surface area contributed by atoms with Gasteiger partial charge in [-0.1, -0.05) is 94.7 Å². The number of halogens is 11. The molecule has 6 aromatic carbocycles. The molecule has 9 N–H and O–H groups in total. The van der Waals surface area contributed by atoms with Crippen molar-refractivity contribution in [1.29, 1.82) is 0 Å². The summed E-state index contributed by atoms with van der Waals surface area (Å²) < 4.78 is 115. The highest BCUT2D eigenvalue weighted by molar-refractivity contribution is 9.11. The van der Waals surface area contributed by atoms with Crippen LogP contribution in [0.5, 0.6) is 0 Å². The lowest BCUT2D eigenvalue weighted by atomic mass is 9.85. The van der Waals surface area contributed by atoms with Crippen molar-refractivity contribution in [2.75, 3.05) is 22.5 Å². The number of aryl methyl sites for hydroxylation is 4. The van der Waals surface area contributed by atoms with Gasteiger partial charge in [-0.25, -0.2) is 50.1 Å². The topological polar surface area (TPSA) is 275 Å². The van der Waals surface area contributed by atoms with Gasteiger partial charge in [-0.15, -0.1) is 28.3 Å². The van der Waals surface area contributed by atoms with Gasteiger partial charge in [0, 0.05) is 62.8 Å². The van der Waals surface area contributed by atoms with Crippen LogP contribution in [0.1, 0.15) is 20.7 Å². The van der Waals surface area contributed by atoms with Crippen LogP contribution in [0.4, 0.5) is 55.5 Å². The Bertz CT molecular complexity index is 5040. The predicted molar refractivity (Wildman–Crippen MR) is 394 cm³/mol. The molecule has 0 bridgehead atoms. The van der Waals surface area contributed by atoms with E-state index in [0.717, 1.165) is 71.6 Å². The van der Waals surface area contributed by atoms with Crippen molar-refractivity contribution in [3.05, 3.63) is 250 Å². The number of benzene rings is 6. The summed E-state index contributed by atoms with van der Waals surface area (Å²) in [6, 6.07) is 42.7. The lowest BCUT2D eigenvalue weighted by Crippen LogP contribution is -2.35. The molecule has 35 heteroatoms. The molecule has 8 aromatic heterocycles. The number of anilines is 4. The first-order chi connectivity index (χ1) is 48.2. The third kappa shape index (κ3) is 19.7. The van der Waals surface area contributed by atoms with E-state index in [9.17, 15) is 44.7 Å². The maximum absolute atomic E-state index is 14.0. The second-order valence-electron chi connectivity index (χ2n) is 20.7. The lowest BCUT2D eigenvalue weighted by molar-refractivity contribution is 0.101. The molecule has 8 heterocycles. The molecule has 1 amide bonds. The van der Waals surface area contributed by atoms with Crippen LogP contribution in [0.15, 0.2) is 192 Å². The van der Waals surface area contributed by atoms with Crippen LogP contribution in [0, 0.1) is 46.5 Å². The minimum absolute atomic E-state index is 0. The van der Waals surface area contributed by atoms with Crippen LogP contribution in [0.25, 0.3) is 76.7 Å². The van der Waals surface area contributed by atoms with Gasteiger partial charge in [-0.3, -0.25) is 33.6 Å². The molecular weight excluding hydrogens is 1570 g/mol. The van der Waals surface area contributed by atoms with E-state index >= 15 is 0 Å². The molecule has 14 rings (SSSR count). The van der Waals surface area contributed by atoms with E-state index in [0.29, 0.717) is 65.9 Å². The number of aromatic nitrogens is 11. The van der Waals surface area contributed by atoms with Crippen LogP contribution < -0.4 is 28.1 Å². The molecule has 0 saturated carbocycles. The molecule has 0 aliphatic heterocycles. The first kappa shape index (κ1) is 77.7. The second-order valence-corrected chi connectivity index (χ2v) is 26.7. The van der Waals surface area contributed by atoms with Crippen molar-refractivity contribution in [2.24, 2.45) is 28.2 Å². The van der Waals surface area contributed by atoms with E-state index in [4.69, 9.17) is 38.8 Å². The maximum Gasteiger partial charge on any atom is 0.507 e. The van der Waals surface area contributed by atoms with Crippen LogP contribution in [-0.2, 0) is 28.2 Å². The fraction of sp³-hybridized carbons (Fsp3) is 0.0597. The molecule has 524 valence electrons. The van der Waals surface area contributed by atoms with Gasteiger partial charge in [0.2, 0.25) is 0 Å². The fourth-order valence-electron chi connectivity index (χ4n) is 9.19. The van der Waals surface area contributed by atoms with Gasteiger partial charge in [-0.05, 0) is 137 Å². The van der Waals surface area contributed by atoms with Gasteiger partial charge in [-0.2, -0.15) is 20.4 Å². The number of hydrogen-bond donors (Lipinski definition) is 6. The summed E-state index contributed by atoms with van der Waals surface area (Å²) in [5.74, 6) is -6.05. The minimum atomic E-state index is -1.61. The number of nitrogen functional groups attached to an aromatic ring is 3. The van der Waals surface area contributed by atoms with Crippen molar-refractivity contribution in [3.8, 4) is 76.7 Å². The van der Waals surface area contributed by atoms with Crippen LogP contribution >= 0.6 is 89.9 Å². The summed E-state index contributed by atoms with van der Waals surface area (Å²) in [5, 5.41) is 38.4. The van der Waals surface area contributed by atoms with Crippen molar-refractivity contribution < 1.29 is 54.8 Å². The Hall–Kier alpha value is -10.0. The van der Waals surface area contributed by atoms with E-state index in [2.05, 4.69) is 56.6 Å². The van der Waals surface area contributed by atoms with Crippen LogP contribution in [0.2, 0.25) is 0 Å². The van der Waals surface area contributed by atoms with Gasteiger partial charge >= 0.3 is 7.12 Å². The van der Waals surface area contributed by atoms with Crippen LogP contribution in [-0.4, -0.2) is 82.4 Å². The Morgan fingerprint density at radius 3 is 1.15 bits per heavy atom. The van der Waals surface area contributed by atoms with Gasteiger partial charge < -0.3 is 27.2 Å². The third-order valence-electron chi connectivity index (χ3n) is 13.9. The minimum Gasteiger partial charge on any atom is -0.422 e. The third-order valence-corrected chi connectivity index (χ3v) is 18.1. The summed E-state index contributed by atoms with van der Waals surface area (Å²) in [5.41, 5.74) is 21.7. The monoisotopic (exact) mass is 1620 g/mol. The Balaban J connectivity index is 0.000000162. The van der Waals surface area contributed by atoms with Crippen molar-refractivity contribution >= 4 is 134 Å². The standard InChI is InChI=1S/C20H13F3N4OS.C14H12FN3S.C13H11FN4S.C10H10BFN2O2.C7H3ClF2O.C3H3BrN2S.BrH/c1-27-16(9-15(26-27)11-5-2-3-6-12(11)21)17-10-24-20(29-17)25-19(28)18-13(22)7-4-8-14(18)23;1-18-12(13-6-7-14(16)19-13)8-11(17-18)9-4-2-3-5-10(9)15;1-18-11(12-7-16-13(15)19-12)6-10(17-18)8-4-2-3-5-9(8)14;1-14-10(11(15)16)6-9(13-14)7-4-2-3-5-8(7)12;8-7(11)6-4(9)2-1-3-5(6)10;4-2-1-6-3(5)7-2;/h2-10H,1H3,(H,24,25,28);2-8H,16H2,1H3;2-7H,1H3,(H2,15,16);2-6,15-16H,1H3;1-3H;1H,(H2,5,6);1H. The molecule has 0 unspecified atom stereocenters. The quantitative estimate of drug-likeness (QED) is 0.0399. The summed E-state index contributed by atoms with van der Waals surface area (Å²) in [6.07, 6.45) is 4.88. The summed E-state index contributed by atoms with van der Waals surface area (Å²) in [7, 11) is 5.31. The number of amides is 1. The van der Waals surface area contributed by atoms with Crippen molar-refractivity contribution in [3.63, 3.8) is 0 Å². The Morgan fingerprint density at radius 2 is 0.814 bits per heavy atom. The summed E-state index contributed by atoms with van der Waals surface area (Å²) in [4.78, 5) is 37.0. The Labute approximate surface area is 615 Å². The highest BCUT2D eigenvalue weighted by Gasteiger charge is 2.23. The van der Waals surface area contributed by atoms with Gasteiger partial charge in [0.05, 0.1) is 75.1 Å². The van der Waals surface area contributed by atoms with E-state index in [-0.39, 0.29) is 51.0 Å². The molecular formula is C67H53BBr2ClF8N15O4S4. The number of rotatable bonds is 11. The van der Waals surface area contributed by atoms with Crippen molar-refractivity contribution in [1.82, 2.24) is 54.1 Å². The average molecular weight is 1620 g/mol. The summed E-state index contributed by atoms with van der Waals surface area (Å²) in [6.45, 7) is 0. The number of thiazole rings is 3. The first-order valence-corrected chi connectivity index (χ1v) is 33.5. The molecule has 0 atom stereocenters.